The summed E-state index contributed by atoms with van der Waals surface area (Å²) in [7, 11) is 0. The normalized spacial score (nSPS) is 11.8. The van der Waals surface area contributed by atoms with Crippen LogP contribution in [0.25, 0.3) is 0 Å². The van der Waals surface area contributed by atoms with Gasteiger partial charge >= 0.3 is 12.0 Å². The molecule has 1 atom stereocenters. The van der Waals surface area contributed by atoms with Crippen molar-refractivity contribution >= 4 is 28.5 Å². The molecule has 1 aromatic rings. The SMILES string of the molecule is CCC(CNC(=O)Nc1cnns1)CC(=O)O. The van der Waals surface area contributed by atoms with Gasteiger partial charge in [-0.15, -0.1) is 5.10 Å². The van der Waals surface area contributed by atoms with Gasteiger partial charge in [0, 0.05) is 24.5 Å². The van der Waals surface area contributed by atoms with E-state index < -0.39 is 5.97 Å². The molecule has 17 heavy (non-hydrogen) atoms. The fraction of sp³-hybridized carbons (Fsp3) is 0.556. The van der Waals surface area contributed by atoms with Crippen molar-refractivity contribution in [1.29, 1.82) is 0 Å². The number of aliphatic carboxylic acids is 1. The maximum absolute atomic E-state index is 11.4. The summed E-state index contributed by atoms with van der Waals surface area (Å²) < 4.78 is 3.60. The van der Waals surface area contributed by atoms with Crippen LogP contribution in [-0.2, 0) is 4.79 Å². The second-order valence-corrected chi connectivity index (χ2v) is 4.27. The smallest absolute Gasteiger partial charge is 0.319 e. The van der Waals surface area contributed by atoms with Gasteiger partial charge in [-0.25, -0.2) is 4.79 Å². The molecular weight excluding hydrogens is 244 g/mol. The van der Waals surface area contributed by atoms with Crippen molar-refractivity contribution in [2.45, 2.75) is 19.8 Å². The Balaban J connectivity index is 2.29. The van der Waals surface area contributed by atoms with E-state index in [4.69, 9.17) is 5.11 Å². The maximum Gasteiger partial charge on any atom is 0.319 e. The van der Waals surface area contributed by atoms with E-state index in [0.29, 0.717) is 18.0 Å². The van der Waals surface area contributed by atoms with Gasteiger partial charge in [0.1, 0.15) is 5.00 Å². The summed E-state index contributed by atoms with van der Waals surface area (Å²) in [6, 6.07) is -0.375. The lowest BCUT2D eigenvalue weighted by atomic mass is 10.0. The van der Waals surface area contributed by atoms with E-state index in [1.165, 1.54) is 6.20 Å². The molecule has 1 heterocycles. The summed E-state index contributed by atoms with van der Waals surface area (Å²) >= 11 is 1.07. The minimum atomic E-state index is -0.856. The molecule has 0 bridgehead atoms. The second-order valence-electron chi connectivity index (χ2n) is 3.49. The molecule has 2 amide bonds. The average Bonchev–Trinajstić information content (AvgIpc) is 2.76. The van der Waals surface area contributed by atoms with Gasteiger partial charge in [0.2, 0.25) is 0 Å². The van der Waals surface area contributed by atoms with Gasteiger partial charge < -0.3 is 10.4 Å². The first-order valence-electron chi connectivity index (χ1n) is 5.15. The van der Waals surface area contributed by atoms with Crippen molar-refractivity contribution in [2.24, 2.45) is 5.92 Å². The van der Waals surface area contributed by atoms with Gasteiger partial charge in [0.15, 0.2) is 0 Å². The molecule has 0 aliphatic heterocycles. The molecule has 7 nitrogen and oxygen atoms in total. The number of aromatic nitrogens is 2. The molecule has 0 aliphatic carbocycles. The zero-order valence-corrected chi connectivity index (χ0v) is 10.2. The molecule has 1 aromatic heterocycles. The third-order valence-electron chi connectivity index (χ3n) is 2.19. The number of carboxylic acid groups (broad SMARTS) is 1. The number of carbonyl (C=O) groups is 2. The maximum atomic E-state index is 11.4. The van der Waals surface area contributed by atoms with Crippen LogP contribution in [0.5, 0.6) is 0 Å². The Morgan fingerprint density at radius 1 is 1.59 bits per heavy atom. The summed E-state index contributed by atoms with van der Waals surface area (Å²) in [4.78, 5) is 21.9. The zero-order valence-electron chi connectivity index (χ0n) is 9.34. The van der Waals surface area contributed by atoms with Gasteiger partial charge in [-0.05, 0) is 5.92 Å². The van der Waals surface area contributed by atoms with Crippen molar-refractivity contribution in [3.8, 4) is 0 Å². The summed E-state index contributed by atoms with van der Waals surface area (Å²) in [6.45, 7) is 2.22. The summed E-state index contributed by atoms with van der Waals surface area (Å²) in [5, 5.41) is 17.9. The topological polar surface area (TPSA) is 104 Å². The second kappa shape index (κ2) is 6.79. The third-order valence-corrected chi connectivity index (χ3v) is 2.77. The highest BCUT2D eigenvalue weighted by Crippen LogP contribution is 2.09. The average molecular weight is 258 g/mol. The molecule has 0 fully saturated rings. The monoisotopic (exact) mass is 258 g/mol. The number of anilines is 1. The van der Waals surface area contributed by atoms with Crippen LogP contribution in [0.1, 0.15) is 19.8 Å². The minimum absolute atomic E-state index is 0.0545. The highest BCUT2D eigenvalue weighted by Gasteiger charge is 2.12. The molecular formula is C9H14N4O3S. The number of nitrogens with one attached hydrogen (secondary N) is 2. The van der Waals surface area contributed by atoms with Gasteiger partial charge in [0.25, 0.3) is 0 Å². The lowest BCUT2D eigenvalue weighted by molar-refractivity contribution is -0.138. The lowest BCUT2D eigenvalue weighted by Crippen LogP contribution is -2.33. The van der Waals surface area contributed by atoms with Crippen molar-refractivity contribution in [3.63, 3.8) is 0 Å². The van der Waals surface area contributed by atoms with Gasteiger partial charge in [-0.1, -0.05) is 17.8 Å². The fourth-order valence-corrected chi connectivity index (χ4v) is 1.64. The molecule has 0 radical (unpaired) electrons. The molecule has 0 saturated heterocycles. The Morgan fingerprint density at radius 3 is 2.88 bits per heavy atom. The third kappa shape index (κ3) is 5.25. The first-order chi connectivity index (χ1) is 8.11. The van der Waals surface area contributed by atoms with Gasteiger partial charge in [0.05, 0.1) is 6.20 Å². The lowest BCUT2D eigenvalue weighted by Gasteiger charge is -2.13. The highest BCUT2D eigenvalue weighted by molar-refractivity contribution is 7.10. The Bertz CT molecular complexity index is 368. The predicted molar refractivity (Wildman–Crippen MR) is 63.0 cm³/mol. The Hall–Kier alpha value is -1.70. The van der Waals surface area contributed by atoms with Crippen molar-refractivity contribution in [1.82, 2.24) is 14.9 Å². The fourth-order valence-electron chi connectivity index (χ4n) is 1.22. The van der Waals surface area contributed by atoms with Crippen molar-refractivity contribution in [3.05, 3.63) is 6.20 Å². The van der Waals surface area contributed by atoms with Crippen LogP contribution in [0.3, 0.4) is 0 Å². The van der Waals surface area contributed by atoms with Gasteiger partial charge in [-0.2, -0.15) is 0 Å². The standard InChI is InChI=1S/C9H14N4O3S/c1-2-6(3-8(14)15)4-10-9(16)12-7-5-11-13-17-7/h5-6H,2-4H2,1H3,(H,14,15)(H2,10,12,16). The molecule has 8 heteroatoms. The molecule has 0 spiro atoms. The number of carboxylic acids is 1. The molecule has 0 aliphatic rings. The van der Waals surface area contributed by atoms with Crippen LogP contribution in [0, 0.1) is 5.92 Å². The van der Waals surface area contributed by atoms with Gasteiger partial charge in [-0.3, -0.25) is 10.1 Å². The van der Waals surface area contributed by atoms with E-state index >= 15 is 0 Å². The van der Waals surface area contributed by atoms with Crippen LogP contribution in [0.15, 0.2) is 6.20 Å². The minimum Gasteiger partial charge on any atom is -0.481 e. The predicted octanol–water partition coefficient (Wildman–Crippen LogP) is 1.16. The molecule has 0 saturated carbocycles. The van der Waals surface area contributed by atoms with E-state index in [0.717, 1.165) is 11.5 Å². The molecule has 3 N–H and O–H groups in total. The van der Waals surface area contributed by atoms with Crippen LogP contribution < -0.4 is 10.6 Å². The van der Waals surface area contributed by atoms with Crippen molar-refractivity contribution in [2.75, 3.05) is 11.9 Å². The van der Waals surface area contributed by atoms with Crippen molar-refractivity contribution < 1.29 is 14.7 Å². The van der Waals surface area contributed by atoms with E-state index in [-0.39, 0.29) is 18.4 Å². The molecule has 0 aromatic carbocycles. The Morgan fingerprint density at radius 2 is 2.35 bits per heavy atom. The summed E-state index contributed by atoms with van der Waals surface area (Å²) in [6.07, 6.45) is 2.20. The highest BCUT2D eigenvalue weighted by atomic mass is 32.1. The number of amides is 2. The van der Waals surface area contributed by atoms with E-state index in [9.17, 15) is 9.59 Å². The molecule has 1 unspecified atom stereocenters. The number of nitrogens with zero attached hydrogens (tertiary/aromatic N) is 2. The van der Waals surface area contributed by atoms with E-state index in [1.54, 1.807) is 0 Å². The van der Waals surface area contributed by atoms with Crippen LogP contribution in [-0.4, -0.2) is 33.2 Å². The largest absolute Gasteiger partial charge is 0.481 e. The number of hydrogen-bond acceptors (Lipinski definition) is 5. The first-order valence-corrected chi connectivity index (χ1v) is 5.93. The number of carbonyl (C=O) groups excluding carboxylic acids is 1. The first kappa shape index (κ1) is 13.4. The number of urea groups is 1. The van der Waals surface area contributed by atoms with Crippen LogP contribution >= 0.6 is 11.5 Å². The van der Waals surface area contributed by atoms with E-state index in [2.05, 4.69) is 20.2 Å². The Labute approximate surface area is 102 Å². The van der Waals surface area contributed by atoms with Crippen LogP contribution in [0.2, 0.25) is 0 Å². The molecule has 1 rings (SSSR count). The quantitative estimate of drug-likeness (QED) is 0.710. The van der Waals surface area contributed by atoms with E-state index in [1.807, 2.05) is 6.92 Å². The zero-order chi connectivity index (χ0) is 12.7. The molecule has 94 valence electrons. The Kier molecular flexibility index (Phi) is 5.34. The summed E-state index contributed by atoms with van der Waals surface area (Å²) in [5.41, 5.74) is 0. The number of rotatable bonds is 6. The van der Waals surface area contributed by atoms with Crippen LogP contribution in [0.4, 0.5) is 9.80 Å². The number of hydrogen-bond donors (Lipinski definition) is 3. The summed E-state index contributed by atoms with van der Waals surface area (Å²) in [5.74, 6) is -0.913.